The Hall–Kier alpha value is -7.29. The van der Waals surface area contributed by atoms with Crippen LogP contribution in [0, 0.1) is 0 Å². The predicted molar refractivity (Wildman–Crippen MR) is 243 cm³/mol. The fraction of sp³-hybridized carbons (Fsp3) is 0.0536. The van der Waals surface area contributed by atoms with Crippen LogP contribution in [0.5, 0.6) is 0 Å². The minimum Gasteiger partial charge on any atom is -0.309 e. The van der Waals surface area contributed by atoms with E-state index in [9.17, 15) is 0 Å². The first-order valence-corrected chi connectivity index (χ1v) is 20.1. The highest BCUT2D eigenvalue weighted by molar-refractivity contribution is 6.10. The van der Waals surface area contributed by atoms with Gasteiger partial charge in [-0.25, -0.2) is 4.98 Å². The van der Waals surface area contributed by atoms with Gasteiger partial charge in [0.2, 0.25) is 0 Å². The van der Waals surface area contributed by atoms with Gasteiger partial charge in [0.05, 0.1) is 22.4 Å². The van der Waals surface area contributed by atoms with Crippen LogP contribution in [0.4, 0.5) is 0 Å². The molecule has 1 aliphatic carbocycles. The molecule has 2 heteroatoms. The fourth-order valence-corrected chi connectivity index (χ4v) is 9.21. The first-order chi connectivity index (χ1) is 28.5. The summed E-state index contributed by atoms with van der Waals surface area (Å²) in [5.41, 5.74) is 20.3. The predicted octanol–water partition coefficient (Wildman–Crippen LogP) is 14.8. The molecule has 0 atom stereocenters. The number of pyridine rings is 1. The third-order valence-electron chi connectivity index (χ3n) is 12.2. The number of benzene rings is 8. The van der Waals surface area contributed by atoms with Crippen molar-refractivity contribution in [3.05, 3.63) is 217 Å². The number of fused-ring (bicyclic) bond motifs is 6. The zero-order chi connectivity index (χ0) is 38.8. The summed E-state index contributed by atoms with van der Waals surface area (Å²) in [6, 6.07) is 74.9. The molecule has 0 spiro atoms. The molecule has 0 unspecified atom stereocenters. The molecule has 0 bridgehead atoms. The van der Waals surface area contributed by atoms with Crippen molar-refractivity contribution < 1.29 is 0 Å². The second-order valence-electron chi connectivity index (χ2n) is 16.0. The number of aromatic nitrogens is 2. The molecule has 2 heterocycles. The number of hydrogen-bond donors (Lipinski definition) is 0. The van der Waals surface area contributed by atoms with Gasteiger partial charge < -0.3 is 4.57 Å². The molecule has 8 aromatic carbocycles. The molecule has 0 radical (unpaired) electrons. The van der Waals surface area contributed by atoms with Gasteiger partial charge in [0.1, 0.15) is 0 Å². The maximum Gasteiger partial charge on any atom is 0.0716 e. The molecule has 0 amide bonds. The largest absolute Gasteiger partial charge is 0.309 e. The molecule has 2 nitrogen and oxygen atoms in total. The summed E-state index contributed by atoms with van der Waals surface area (Å²) in [7, 11) is 0. The van der Waals surface area contributed by atoms with Crippen molar-refractivity contribution >= 4 is 21.8 Å². The minimum absolute atomic E-state index is 0.0198. The van der Waals surface area contributed by atoms with Crippen molar-refractivity contribution in [2.24, 2.45) is 0 Å². The highest BCUT2D eigenvalue weighted by atomic mass is 15.0. The Morgan fingerprint density at radius 1 is 0.345 bits per heavy atom. The SMILES string of the molecule is CC1(C)c2ccccc2-c2ccc(-c3ccc(-c4ccc5c(c4)c4ccccc4n5-c4cccc(-c5cc(-c6ccccc6)cc(-c6ccccc6)n5)c4)cc3)cc21. The topological polar surface area (TPSA) is 17.8 Å². The molecule has 10 aromatic rings. The van der Waals surface area contributed by atoms with Crippen LogP contribution in [0.25, 0.3) is 94.5 Å². The molecule has 0 saturated carbocycles. The standard InChI is InChI=1S/C56H40N2/c1-56(2)50-22-11-9-20-46(50)47-30-28-42(34-51(47)56)39-26-24-38(25-27-39)41-29-31-55-49(33-41)48-21-10-12-23-54(48)58(55)45-19-13-18-43(32-45)53-36-44(37-14-5-3-6-15-37)35-52(57-53)40-16-7-4-8-17-40/h3-36H,1-2H3. The van der Waals surface area contributed by atoms with E-state index in [1.165, 1.54) is 71.9 Å². The Morgan fingerprint density at radius 3 is 1.67 bits per heavy atom. The minimum atomic E-state index is -0.0198. The lowest BCUT2D eigenvalue weighted by Crippen LogP contribution is -2.14. The molecule has 11 rings (SSSR count). The van der Waals surface area contributed by atoms with E-state index in [2.05, 4.69) is 225 Å². The first kappa shape index (κ1) is 34.0. The molecular formula is C56H40N2. The molecule has 0 fully saturated rings. The lowest BCUT2D eigenvalue weighted by molar-refractivity contribution is 0.660. The zero-order valence-corrected chi connectivity index (χ0v) is 32.5. The summed E-state index contributed by atoms with van der Waals surface area (Å²) in [6.07, 6.45) is 0. The smallest absolute Gasteiger partial charge is 0.0716 e. The van der Waals surface area contributed by atoms with Crippen LogP contribution in [0.15, 0.2) is 206 Å². The van der Waals surface area contributed by atoms with Crippen LogP contribution in [0.3, 0.4) is 0 Å². The quantitative estimate of drug-likeness (QED) is 0.166. The van der Waals surface area contributed by atoms with Gasteiger partial charge in [-0.2, -0.15) is 0 Å². The Kier molecular flexibility index (Phi) is 7.87. The van der Waals surface area contributed by atoms with Crippen LogP contribution in [-0.4, -0.2) is 9.55 Å². The van der Waals surface area contributed by atoms with E-state index in [1.807, 2.05) is 0 Å². The fourth-order valence-electron chi connectivity index (χ4n) is 9.21. The van der Waals surface area contributed by atoms with E-state index in [0.29, 0.717) is 0 Å². The zero-order valence-electron chi connectivity index (χ0n) is 32.5. The van der Waals surface area contributed by atoms with E-state index in [4.69, 9.17) is 4.98 Å². The van der Waals surface area contributed by atoms with Crippen LogP contribution in [-0.2, 0) is 5.41 Å². The summed E-state index contributed by atoms with van der Waals surface area (Å²) >= 11 is 0. The second kappa shape index (κ2) is 13.4. The molecule has 58 heavy (non-hydrogen) atoms. The van der Waals surface area contributed by atoms with Crippen molar-refractivity contribution in [2.75, 3.05) is 0 Å². The van der Waals surface area contributed by atoms with Crippen molar-refractivity contribution in [3.63, 3.8) is 0 Å². The van der Waals surface area contributed by atoms with Crippen molar-refractivity contribution in [3.8, 4) is 72.7 Å². The number of para-hydroxylation sites is 1. The van der Waals surface area contributed by atoms with Crippen molar-refractivity contribution in [1.82, 2.24) is 9.55 Å². The Morgan fingerprint density at radius 2 is 0.897 bits per heavy atom. The van der Waals surface area contributed by atoms with Gasteiger partial charge in [-0.1, -0.05) is 172 Å². The Labute approximate surface area is 339 Å². The van der Waals surface area contributed by atoms with Crippen LogP contribution < -0.4 is 0 Å². The second-order valence-corrected chi connectivity index (χ2v) is 16.0. The monoisotopic (exact) mass is 740 g/mol. The van der Waals surface area contributed by atoms with Gasteiger partial charge in [-0.15, -0.1) is 0 Å². The number of rotatable bonds is 6. The third-order valence-corrected chi connectivity index (χ3v) is 12.2. The average Bonchev–Trinajstić information content (AvgIpc) is 3.74. The van der Waals surface area contributed by atoms with Crippen molar-refractivity contribution in [1.29, 1.82) is 0 Å². The normalized spacial score (nSPS) is 12.8. The van der Waals surface area contributed by atoms with Crippen LogP contribution in [0.2, 0.25) is 0 Å². The molecule has 0 saturated heterocycles. The average molecular weight is 741 g/mol. The third kappa shape index (κ3) is 5.60. The van der Waals surface area contributed by atoms with Gasteiger partial charge in [0.25, 0.3) is 0 Å². The maximum atomic E-state index is 5.24. The molecule has 0 aliphatic heterocycles. The van der Waals surface area contributed by atoms with Crippen molar-refractivity contribution in [2.45, 2.75) is 19.3 Å². The lowest BCUT2D eigenvalue weighted by Gasteiger charge is -2.22. The molecular weight excluding hydrogens is 701 g/mol. The molecule has 1 aliphatic rings. The van der Waals surface area contributed by atoms with Gasteiger partial charge >= 0.3 is 0 Å². The van der Waals surface area contributed by atoms with Gasteiger partial charge in [-0.3, -0.25) is 0 Å². The molecule has 274 valence electrons. The summed E-state index contributed by atoms with van der Waals surface area (Å²) in [4.78, 5) is 5.24. The van der Waals surface area contributed by atoms with Gasteiger partial charge in [0, 0.05) is 33.0 Å². The van der Waals surface area contributed by atoms with Crippen LogP contribution in [0.1, 0.15) is 25.0 Å². The van der Waals surface area contributed by atoms with E-state index in [-0.39, 0.29) is 5.41 Å². The van der Waals surface area contributed by atoms with E-state index >= 15 is 0 Å². The first-order valence-electron chi connectivity index (χ1n) is 20.1. The summed E-state index contributed by atoms with van der Waals surface area (Å²) in [5, 5.41) is 2.47. The highest BCUT2D eigenvalue weighted by Gasteiger charge is 2.35. The number of nitrogens with zero attached hydrogens (tertiary/aromatic N) is 2. The Balaban J connectivity index is 0.965. The molecule has 0 N–H and O–H groups in total. The lowest BCUT2D eigenvalue weighted by atomic mass is 9.81. The summed E-state index contributed by atoms with van der Waals surface area (Å²) in [5.74, 6) is 0. The summed E-state index contributed by atoms with van der Waals surface area (Å²) < 4.78 is 2.40. The van der Waals surface area contributed by atoms with E-state index in [1.54, 1.807) is 0 Å². The number of hydrogen-bond acceptors (Lipinski definition) is 1. The molecule has 2 aromatic heterocycles. The summed E-state index contributed by atoms with van der Waals surface area (Å²) in [6.45, 7) is 4.69. The highest BCUT2D eigenvalue weighted by Crippen LogP contribution is 2.49. The van der Waals surface area contributed by atoms with Crippen LogP contribution >= 0.6 is 0 Å². The van der Waals surface area contributed by atoms with E-state index < -0.39 is 0 Å². The maximum absolute atomic E-state index is 5.24. The van der Waals surface area contributed by atoms with Gasteiger partial charge in [-0.05, 0) is 104 Å². The van der Waals surface area contributed by atoms with Gasteiger partial charge in [0.15, 0.2) is 0 Å². The van der Waals surface area contributed by atoms with E-state index in [0.717, 1.165) is 33.8 Å². The Bertz CT molecular complexity index is 3110.